The quantitative estimate of drug-likeness (QED) is 0.123. The van der Waals surface area contributed by atoms with E-state index in [0.29, 0.717) is 11.5 Å². The van der Waals surface area contributed by atoms with E-state index in [-0.39, 0.29) is 31.9 Å². The number of benzene rings is 10. The van der Waals surface area contributed by atoms with Crippen LogP contribution in [0.15, 0.2) is 223 Å². The summed E-state index contributed by atoms with van der Waals surface area (Å²) in [5.41, 5.74) is 21.1. The van der Waals surface area contributed by atoms with Crippen LogP contribution in [-0.4, -0.2) is 14.1 Å². The molecule has 4 aromatic heterocycles. The van der Waals surface area contributed by atoms with Crippen LogP contribution in [0.4, 0.5) is 0 Å². The van der Waals surface area contributed by atoms with Crippen LogP contribution < -0.4 is 9.30 Å². The van der Waals surface area contributed by atoms with Gasteiger partial charge in [-0.15, -0.1) is 29.7 Å². The minimum absolute atomic E-state index is 0. The standard InChI is InChI=1S/C74H54N4O2.Pt/c1-73(2,3)49-32-28-46(29-33-49)47-30-35-57-55-18-7-8-19-56(55)61-24-15-26-66-72(61)77(71-54(22-14-23-62(71)63(57)40-47)48-31-37-69-64(41-48)60-21-10-12-27-68(60)80-69)45-76(66)51-16-13-17-52(43-51)79-53-34-36-59-58-20-9-11-25-65(58)78(67(59)44-53)70-42-50(38-39-75-70)74(4,5)6;/h7-42H,1-6H3;/q-2;. The van der Waals surface area contributed by atoms with Crippen LogP contribution in [0.2, 0.25) is 0 Å². The first-order valence-electron chi connectivity index (χ1n) is 27.4. The van der Waals surface area contributed by atoms with E-state index in [2.05, 4.69) is 256 Å². The maximum absolute atomic E-state index is 6.81. The number of furan rings is 1. The van der Waals surface area contributed by atoms with Crippen LogP contribution in [-0.2, 0) is 31.9 Å². The van der Waals surface area contributed by atoms with E-state index in [1.165, 1.54) is 16.7 Å². The summed E-state index contributed by atoms with van der Waals surface area (Å²) in [6.45, 7) is 13.5. The second-order valence-corrected chi connectivity index (χ2v) is 23.2. The van der Waals surface area contributed by atoms with Gasteiger partial charge in [0.15, 0.2) is 0 Å². The number of para-hydroxylation sites is 4. The largest absolute Gasteiger partial charge is 0.510 e. The van der Waals surface area contributed by atoms with Crippen molar-refractivity contribution >= 4 is 54.8 Å². The van der Waals surface area contributed by atoms with Crippen LogP contribution in [0.5, 0.6) is 11.5 Å². The first-order valence-corrected chi connectivity index (χ1v) is 27.4. The summed E-state index contributed by atoms with van der Waals surface area (Å²) in [6, 6.07) is 83.4. The van der Waals surface area contributed by atoms with Crippen molar-refractivity contribution in [1.82, 2.24) is 14.1 Å². The Morgan fingerprint density at radius 1 is 0.457 bits per heavy atom. The van der Waals surface area contributed by atoms with Crippen molar-refractivity contribution in [2.24, 2.45) is 0 Å². The summed E-state index contributed by atoms with van der Waals surface area (Å²) in [5, 5.41) is 4.35. The molecule has 0 N–H and O–H groups in total. The van der Waals surface area contributed by atoms with E-state index < -0.39 is 0 Å². The number of nitrogens with zero attached hydrogens (tertiary/aromatic N) is 4. The van der Waals surface area contributed by atoms with Gasteiger partial charge in [0.05, 0.1) is 16.7 Å². The summed E-state index contributed by atoms with van der Waals surface area (Å²) in [5.74, 6) is 1.96. The van der Waals surface area contributed by atoms with Crippen LogP contribution in [0.3, 0.4) is 0 Å². The number of ether oxygens (including phenoxy) is 1. The molecule has 0 radical (unpaired) electrons. The Kier molecular flexibility index (Phi) is 11.8. The Balaban J connectivity index is 0.00000589. The molecule has 14 aromatic rings. The first-order chi connectivity index (χ1) is 38.9. The van der Waals surface area contributed by atoms with Crippen molar-refractivity contribution in [1.29, 1.82) is 0 Å². The molecule has 0 aliphatic carbocycles. The van der Waals surface area contributed by atoms with Crippen molar-refractivity contribution in [3.8, 4) is 84.3 Å². The SMILES string of the molecule is CC(C)(C)c1ccc(-c2ccc3c(c2)-c2cccc(-c4ccc5oc6ccccc6c5c4)c2-[n+]2[c-]n(-c4[c-]c(Oc5[c-]c6c(cc5)c5ccccc5n6-c5cc(C(C)(C)C)ccn5)ccc4)c4cccc(c42)-c2ccccc2-3)cc1.[Pt]. The summed E-state index contributed by atoms with van der Waals surface area (Å²) in [6.07, 6.45) is 5.88. The minimum Gasteiger partial charge on any atom is -0.510 e. The Morgan fingerprint density at radius 2 is 1.10 bits per heavy atom. The van der Waals surface area contributed by atoms with E-state index in [1.807, 2.05) is 36.5 Å². The van der Waals surface area contributed by atoms with Gasteiger partial charge in [-0.3, -0.25) is 4.57 Å². The third-order valence-electron chi connectivity index (χ3n) is 16.1. The molecule has 0 atom stereocenters. The molecule has 6 nitrogen and oxygen atoms in total. The van der Waals surface area contributed by atoms with E-state index in [1.54, 1.807) is 0 Å². The van der Waals surface area contributed by atoms with Gasteiger partial charge in [-0.1, -0.05) is 187 Å². The van der Waals surface area contributed by atoms with Gasteiger partial charge in [-0.25, -0.2) is 4.98 Å². The van der Waals surface area contributed by atoms with E-state index in [9.17, 15) is 0 Å². The Labute approximate surface area is 485 Å². The monoisotopic (exact) mass is 1230 g/mol. The third-order valence-corrected chi connectivity index (χ3v) is 16.1. The summed E-state index contributed by atoms with van der Waals surface area (Å²) in [7, 11) is 0. The van der Waals surface area contributed by atoms with E-state index >= 15 is 0 Å². The molecule has 0 amide bonds. The molecule has 0 spiro atoms. The molecule has 1 aliphatic rings. The normalized spacial score (nSPS) is 12.2. The smallest absolute Gasteiger partial charge is 0.268 e. The van der Waals surface area contributed by atoms with E-state index in [0.717, 1.165) is 122 Å². The third kappa shape index (κ3) is 8.34. The molecular weight excluding hydrogens is 1170 g/mol. The molecule has 10 aromatic carbocycles. The van der Waals surface area contributed by atoms with Gasteiger partial charge in [-0.05, 0) is 131 Å². The molecule has 15 rings (SSSR count). The number of hydrogen-bond acceptors (Lipinski definition) is 3. The number of hydrogen-bond donors (Lipinski definition) is 0. The van der Waals surface area contributed by atoms with Crippen LogP contribution >= 0.6 is 0 Å². The fraction of sp³-hybridized carbons (Fsp3) is 0.108. The van der Waals surface area contributed by atoms with Crippen molar-refractivity contribution in [2.45, 2.75) is 52.4 Å². The fourth-order valence-corrected chi connectivity index (χ4v) is 12.1. The molecule has 0 saturated carbocycles. The molecule has 7 heteroatoms. The first kappa shape index (κ1) is 50.2. The van der Waals surface area contributed by atoms with Gasteiger partial charge in [0.25, 0.3) is 6.33 Å². The van der Waals surface area contributed by atoms with Crippen LogP contribution in [0.1, 0.15) is 52.7 Å². The molecule has 1 aliphatic heterocycles. The zero-order valence-corrected chi connectivity index (χ0v) is 48.0. The van der Waals surface area contributed by atoms with Crippen molar-refractivity contribution < 1.29 is 34.8 Å². The Morgan fingerprint density at radius 3 is 1.93 bits per heavy atom. The molecule has 0 bridgehead atoms. The van der Waals surface area contributed by atoms with Gasteiger partial charge in [-0.2, -0.15) is 18.2 Å². The fourth-order valence-electron chi connectivity index (χ4n) is 12.1. The number of fused-ring (bicyclic) bond motifs is 13. The van der Waals surface area contributed by atoms with Crippen molar-refractivity contribution in [3.05, 3.63) is 248 Å². The van der Waals surface area contributed by atoms with Gasteiger partial charge in [0.1, 0.15) is 17.0 Å². The van der Waals surface area contributed by atoms with Gasteiger partial charge in [0.2, 0.25) is 0 Å². The number of rotatable bonds is 6. The summed E-state index contributed by atoms with van der Waals surface area (Å²) < 4.78 is 19.8. The van der Waals surface area contributed by atoms with Crippen LogP contribution in [0.25, 0.3) is 128 Å². The molecule has 0 saturated heterocycles. The molecule has 0 fully saturated rings. The number of imidazole rings is 1. The van der Waals surface area contributed by atoms with Crippen molar-refractivity contribution in [3.63, 3.8) is 0 Å². The second-order valence-electron chi connectivity index (χ2n) is 23.2. The van der Waals surface area contributed by atoms with Crippen molar-refractivity contribution in [2.75, 3.05) is 0 Å². The summed E-state index contributed by atoms with van der Waals surface area (Å²) in [4.78, 5) is 4.91. The maximum Gasteiger partial charge on any atom is 0.268 e. The molecule has 81 heavy (non-hydrogen) atoms. The number of pyridine rings is 1. The average Bonchev–Trinajstić information content (AvgIpc) is 4.37. The predicted octanol–water partition coefficient (Wildman–Crippen LogP) is 18.7. The average molecular weight is 1230 g/mol. The van der Waals surface area contributed by atoms with Gasteiger partial charge in [0, 0.05) is 55.1 Å². The zero-order valence-electron chi connectivity index (χ0n) is 45.7. The molecule has 5 heterocycles. The van der Waals surface area contributed by atoms with Gasteiger partial charge >= 0.3 is 0 Å². The predicted molar refractivity (Wildman–Crippen MR) is 325 cm³/mol. The zero-order chi connectivity index (χ0) is 54.0. The molecule has 394 valence electrons. The number of aromatic nitrogens is 4. The maximum atomic E-state index is 6.81. The molecular formula is C74H54N4O2Pt-2. The van der Waals surface area contributed by atoms with E-state index in [4.69, 9.17) is 14.1 Å². The Bertz CT molecular complexity index is 4830. The summed E-state index contributed by atoms with van der Waals surface area (Å²) >= 11 is 0. The molecule has 0 unspecified atom stereocenters. The minimum atomic E-state index is -0.0508. The van der Waals surface area contributed by atoms with Crippen LogP contribution in [0, 0.1) is 18.5 Å². The second kappa shape index (κ2) is 19.0. The topological polar surface area (TPSA) is 49.0 Å². The van der Waals surface area contributed by atoms with Gasteiger partial charge < -0.3 is 18.3 Å². The Hall–Kier alpha value is -9.09.